The second-order valence-electron chi connectivity index (χ2n) is 2.91. The van der Waals surface area contributed by atoms with Crippen LogP contribution in [0.5, 0.6) is 5.75 Å². The first-order valence-corrected chi connectivity index (χ1v) is 4.52. The molecule has 0 saturated carbocycles. The van der Waals surface area contributed by atoms with Gasteiger partial charge in [-0.2, -0.15) is 5.26 Å². The van der Waals surface area contributed by atoms with Gasteiger partial charge in [0.2, 0.25) is 0 Å². The summed E-state index contributed by atoms with van der Waals surface area (Å²) in [6, 6.07) is 6.74. The predicted molar refractivity (Wildman–Crippen MR) is 53.3 cm³/mol. The largest absolute Gasteiger partial charge is 0.489 e. The van der Waals surface area contributed by atoms with Crippen LogP contribution in [-0.2, 0) is 0 Å². The van der Waals surface area contributed by atoms with E-state index in [1.165, 1.54) is 0 Å². The lowest BCUT2D eigenvalue weighted by molar-refractivity contribution is 0.122. The molecule has 1 aromatic rings. The van der Waals surface area contributed by atoms with Crippen LogP contribution in [0.15, 0.2) is 18.2 Å². The van der Waals surface area contributed by atoms with E-state index in [0.29, 0.717) is 16.3 Å². The van der Waals surface area contributed by atoms with E-state index in [0.717, 1.165) is 0 Å². The van der Waals surface area contributed by atoms with Crippen molar-refractivity contribution in [1.29, 1.82) is 5.26 Å². The van der Waals surface area contributed by atoms with Crippen LogP contribution in [0.2, 0.25) is 5.02 Å². The van der Waals surface area contributed by atoms with Gasteiger partial charge in [0, 0.05) is 11.1 Å². The second-order valence-corrected chi connectivity index (χ2v) is 3.35. The Bertz CT molecular complexity index is 358. The summed E-state index contributed by atoms with van der Waals surface area (Å²) in [6.07, 6.45) is -0.569. The Kier molecular flexibility index (Phi) is 3.75. The van der Waals surface area contributed by atoms with Gasteiger partial charge < -0.3 is 9.84 Å². The number of halogens is 1. The Balaban J connectivity index is 2.84. The van der Waals surface area contributed by atoms with Gasteiger partial charge in [-0.05, 0) is 19.1 Å². The highest BCUT2D eigenvalue weighted by Crippen LogP contribution is 2.22. The molecule has 0 amide bonds. The summed E-state index contributed by atoms with van der Waals surface area (Å²) in [7, 11) is 0. The number of hydrogen-bond donors (Lipinski definition) is 1. The minimum atomic E-state index is -0.569. The van der Waals surface area contributed by atoms with Crippen molar-refractivity contribution in [3.8, 4) is 11.8 Å². The Morgan fingerprint density at radius 2 is 2.36 bits per heavy atom. The molecule has 1 aromatic carbocycles. The van der Waals surface area contributed by atoms with Crippen molar-refractivity contribution in [2.75, 3.05) is 6.61 Å². The van der Waals surface area contributed by atoms with E-state index in [1.807, 2.05) is 6.07 Å². The Hall–Kier alpha value is -1.24. The lowest BCUT2D eigenvalue weighted by Crippen LogP contribution is -2.13. The van der Waals surface area contributed by atoms with E-state index in [2.05, 4.69) is 0 Å². The Morgan fingerprint density at radius 1 is 1.64 bits per heavy atom. The van der Waals surface area contributed by atoms with Crippen LogP contribution in [0.1, 0.15) is 12.5 Å². The van der Waals surface area contributed by atoms with Crippen LogP contribution in [0.4, 0.5) is 0 Å². The van der Waals surface area contributed by atoms with Crippen molar-refractivity contribution in [2.24, 2.45) is 0 Å². The molecule has 14 heavy (non-hydrogen) atoms. The molecule has 74 valence electrons. The molecule has 0 aliphatic heterocycles. The molecule has 0 unspecified atom stereocenters. The lowest BCUT2D eigenvalue weighted by Gasteiger charge is -2.09. The molecule has 0 saturated heterocycles. The van der Waals surface area contributed by atoms with Crippen molar-refractivity contribution in [1.82, 2.24) is 0 Å². The molecular weight excluding hydrogens is 202 g/mol. The van der Waals surface area contributed by atoms with Gasteiger partial charge in [-0.1, -0.05) is 11.6 Å². The number of hydrogen-bond acceptors (Lipinski definition) is 3. The fraction of sp³-hybridized carbons (Fsp3) is 0.300. The zero-order chi connectivity index (χ0) is 10.6. The summed E-state index contributed by atoms with van der Waals surface area (Å²) in [5, 5.41) is 18.2. The number of rotatable bonds is 3. The third-order valence-electron chi connectivity index (χ3n) is 1.54. The SMILES string of the molecule is C[C@H](O)COc1cc(Cl)ccc1C#N. The molecule has 3 nitrogen and oxygen atoms in total. The highest BCUT2D eigenvalue weighted by Gasteiger charge is 2.05. The fourth-order valence-electron chi connectivity index (χ4n) is 0.918. The molecule has 0 heterocycles. The fourth-order valence-corrected chi connectivity index (χ4v) is 1.08. The first-order chi connectivity index (χ1) is 6.63. The summed E-state index contributed by atoms with van der Waals surface area (Å²) in [4.78, 5) is 0. The summed E-state index contributed by atoms with van der Waals surface area (Å²) < 4.78 is 5.21. The molecular formula is C10H10ClNO2. The van der Waals surface area contributed by atoms with E-state index >= 15 is 0 Å². The standard InChI is InChI=1S/C10H10ClNO2/c1-7(13)6-14-10-4-9(11)3-2-8(10)5-12/h2-4,7,13H,6H2,1H3/t7-/m0/s1. The number of ether oxygens (including phenoxy) is 1. The van der Waals surface area contributed by atoms with Gasteiger partial charge in [-0.25, -0.2) is 0 Å². The number of nitriles is 1. The topological polar surface area (TPSA) is 53.2 Å². The number of nitrogens with zero attached hydrogens (tertiary/aromatic N) is 1. The van der Waals surface area contributed by atoms with Gasteiger partial charge in [0.05, 0.1) is 11.7 Å². The highest BCUT2D eigenvalue weighted by molar-refractivity contribution is 6.30. The van der Waals surface area contributed by atoms with Gasteiger partial charge in [-0.3, -0.25) is 0 Å². The average Bonchev–Trinajstić information content (AvgIpc) is 2.15. The van der Waals surface area contributed by atoms with E-state index in [4.69, 9.17) is 26.7 Å². The van der Waals surface area contributed by atoms with Crippen LogP contribution in [0.25, 0.3) is 0 Å². The highest BCUT2D eigenvalue weighted by atomic mass is 35.5. The Labute approximate surface area is 87.5 Å². The minimum Gasteiger partial charge on any atom is -0.489 e. The van der Waals surface area contributed by atoms with Crippen LogP contribution < -0.4 is 4.74 Å². The summed E-state index contributed by atoms with van der Waals surface area (Å²) in [6.45, 7) is 1.76. The average molecular weight is 212 g/mol. The van der Waals surface area contributed by atoms with Crippen molar-refractivity contribution in [2.45, 2.75) is 13.0 Å². The quantitative estimate of drug-likeness (QED) is 0.832. The van der Waals surface area contributed by atoms with Crippen LogP contribution >= 0.6 is 11.6 Å². The number of aliphatic hydroxyl groups excluding tert-OH is 1. The monoisotopic (exact) mass is 211 g/mol. The van der Waals surface area contributed by atoms with Crippen molar-refractivity contribution in [3.05, 3.63) is 28.8 Å². The van der Waals surface area contributed by atoms with Crippen LogP contribution in [0, 0.1) is 11.3 Å². The van der Waals surface area contributed by atoms with E-state index < -0.39 is 6.10 Å². The summed E-state index contributed by atoms with van der Waals surface area (Å²) in [5.74, 6) is 0.404. The number of benzene rings is 1. The summed E-state index contributed by atoms with van der Waals surface area (Å²) >= 11 is 5.74. The van der Waals surface area contributed by atoms with Gasteiger partial charge in [-0.15, -0.1) is 0 Å². The maximum Gasteiger partial charge on any atom is 0.138 e. The van der Waals surface area contributed by atoms with Gasteiger partial charge in [0.1, 0.15) is 18.4 Å². The number of aliphatic hydroxyl groups is 1. The third-order valence-corrected chi connectivity index (χ3v) is 1.78. The van der Waals surface area contributed by atoms with Crippen LogP contribution in [-0.4, -0.2) is 17.8 Å². The van der Waals surface area contributed by atoms with Gasteiger partial charge in [0.25, 0.3) is 0 Å². The van der Waals surface area contributed by atoms with Crippen molar-refractivity contribution >= 4 is 11.6 Å². The van der Waals surface area contributed by atoms with Gasteiger partial charge in [0.15, 0.2) is 0 Å². The molecule has 0 bridgehead atoms. The zero-order valence-corrected chi connectivity index (χ0v) is 8.45. The van der Waals surface area contributed by atoms with Crippen molar-refractivity contribution < 1.29 is 9.84 Å². The molecule has 0 aromatic heterocycles. The van der Waals surface area contributed by atoms with Gasteiger partial charge >= 0.3 is 0 Å². The molecule has 0 radical (unpaired) electrons. The van der Waals surface area contributed by atoms with E-state index in [1.54, 1.807) is 25.1 Å². The maximum atomic E-state index is 9.01. The van der Waals surface area contributed by atoms with E-state index in [9.17, 15) is 0 Å². The minimum absolute atomic E-state index is 0.148. The smallest absolute Gasteiger partial charge is 0.138 e. The first-order valence-electron chi connectivity index (χ1n) is 4.14. The third kappa shape index (κ3) is 2.91. The zero-order valence-electron chi connectivity index (χ0n) is 7.70. The molecule has 0 aliphatic rings. The second kappa shape index (κ2) is 4.85. The Morgan fingerprint density at radius 3 is 2.93 bits per heavy atom. The molecule has 4 heteroatoms. The van der Waals surface area contributed by atoms with Crippen molar-refractivity contribution in [3.63, 3.8) is 0 Å². The van der Waals surface area contributed by atoms with Crippen LogP contribution in [0.3, 0.4) is 0 Å². The maximum absolute atomic E-state index is 9.01. The molecule has 0 spiro atoms. The molecule has 0 aliphatic carbocycles. The lowest BCUT2D eigenvalue weighted by atomic mass is 10.2. The van der Waals surface area contributed by atoms with E-state index in [-0.39, 0.29) is 6.61 Å². The molecule has 1 N–H and O–H groups in total. The summed E-state index contributed by atoms with van der Waals surface area (Å²) in [5.41, 5.74) is 0.412. The predicted octanol–water partition coefficient (Wildman–Crippen LogP) is 1.97. The molecule has 1 rings (SSSR count). The molecule has 1 atom stereocenters. The first kappa shape index (κ1) is 10.8. The molecule has 0 fully saturated rings. The normalized spacial score (nSPS) is 11.9.